The van der Waals surface area contributed by atoms with E-state index >= 15 is 0 Å². The third-order valence-electron chi connectivity index (χ3n) is 4.77. The van der Waals surface area contributed by atoms with Gasteiger partial charge in [0.1, 0.15) is 0 Å². The molecule has 8 heteroatoms. The predicted octanol–water partition coefficient (Wildman–Crippen LogP) is 6.26. The highest BCUT2D eigenvalue weighted by atomic mass is 35.5. The summed E-state index contributed by atoms with van der Waals surface area (Å²) in [6.07, 6.45) is 0. The zero-order chi connectivity index (χ0) is 22.0. The van der Waals surface area contributed by atoms with Gasteiger partial charge in [-0.15, -0.1) is 11.3 Å². The molecule has 2 heterocycles. The number of ketones is 2. The molecule has 1 N–H and O–H groups in total. The van der Waals surface area contributed by atoms with Gasteiger partial charge in [0.05, 0.1) is 33.4 Å². The summed E-state index contributed by atoms with van der Waals surface area (Å²) in [5.41, 5.74) is 3.12. The Balaban J connectivity index is 1.95. The van der Waals surface area contributed by atoms with Gasteiger partial charge in [-0.05, 0) is 56.0 Å². The monoisotopic (exact) mass is 476 g/mol. The van der Waals surface area contributed by atoms with Crippen LogP contribution in [0, 0.1) is 18.3 Å². The highest BCUT2D eigenvalue weighted by Crippen LogP contribution is 2.43. The summed E-state index contributed by atoms with van der Waals surface area (Å²) in [6.45, 7) is 5.30. The molecule has 0 bridgehead atoms. The first-order valence-electron chi connectivity index (χ1n) is 9.02. The van der Waals surface area contributed by atoms with Crippen molar-refractivity contribution in [2.75, 3.05) is 5.75 Å². The molecule has 0 saturated heterocycles. The Morgan fingerprint density at radius 2 is 2.00 bits per heavy atom. The number of benzene rings is 1. The first-order chi connectivity index (χ1) is 14.2. The lowest BCUT2D eigenvalue weighted by Gasteiger charge is -2.29. The van der Waals surface area contributed by atoms with Gasteiger partial charge in [0.2, 0.25) is 0 Å². The van der Waals surface area contributed by atoms with Crippen molar-refractivity contribution in [1.82, 2.24) is 5.32 Å². The number of carbonyl (C=O) groups excluding carboxylic acids is 2. The van der Waals surface area contributed by atoms with Gasteiger partial charge < -0.3 is 5.32 Å². The lowest BCUT2D eigenvalue weighted by atomic mass is 9.84. The van der Waals surface area contributed by atoms with Crippen LogP contribution in [0.4, 0.5) is 0 Å². The summed E-state index contributed by atoms with van der Waals surface area (Å²) in [7, 11) is 0. The number of nitrogens with one attached hydrogen (secondary N) is 1. The molecular formula is C22H18Cl2N2O2S2. The zero-order valence-corrected chi connectivity index (χ0v) is 19.7. The summed E-state index contributed by atoms with van der Waals surface area (Å²) >= 11 is 14.8. The van der Waals surface area contributed by atoms with Crippen LogP contribution < -0.4 is 5.32 Å². The Kier molecular flexibility index (Phi) is 7.10. The van der Waals surface area contributed by atoms with Gasteiger partial charge in [0.25, 0.3) is 0 Å². The van der Waals surface area contributed by atoms with Gasteiger partial charge in [0.15, 0.2) is 11.6 Å². The lowest BCUT2D eigenvalue weighted by Crippen LogP contribution is -2.27. The number of aryl methyl sites for hydroxylation is 1. The third-order valence-corrected chi connectivity index (χ3v) is 7.42. The number of hydrogen-bond acceptors (Lipinski definition) is 6. The number of halogens is 2. The first kappa shape index (κ1) is 22.6. The number of thiophene rings is 1. The van der Waals surface area contributed by atoms with Crippen molar-refractivity contribution in [2.45, 2.75) is 26.7 Å². The molecule has 0 radical (unpaired) electrons. The van der Waals surface area contributed by atoms with E-state index in [0.29, 0.717) is 37.5 Å². The Labute approximate surface area is 193 Å². The second-order valence-electron chi connectivity index (χ2n) is 6.81. The molecule has 0 aliphatic carbocycles. The van der Waals surface area contributed by atoms with Gasteiger partial charge in [0, 0.05) is 26.7 Å². The number of rotatable bonds is 6. The molecule has 1 aliphatic heterocycles. The van der Waals surface area contributed by atoms with Crippen molar-refractivity contribution >= 4 is 57.9 Å². The van der Waals surface area contributed by atoms with Gasteiger partial charge >= 0.3 is 0 Å². The minimum absolute atomic E-state index is 0.0846. The summed E-state index contributed by atoms with van der Waals surface area (Å²) in [4.78, 5) is 26.0. The summed E-state index contributed by atoms with van der Waals surface area (Å²) in [5.74, 6) is -0.603. The van der Waals surface area contributed by atoms with Crippen LogP contribution in [0.15, 0.2) is 51.5 Å². The molecule has 154 valence electrons. The second-order valence-corrected chi connectivity index (χ2v) is 9.59. The van der Waals surface area contributed by atoms with Crippen LogP contribution >= 0.6 is 46.3 Å². The average molecular weight is 477 g/mol. The van der Waals surface area contributed by atoms with E-state index in [4.69, 9.17) is 23.2 Å². The maximum Gasteiger partial charge on any atom is 0.174 e. The van der Waals surface area contributed by atoms with Crippen molar-refractivity contribution in [1.29, 1.82) is 5.26 Å². The van der Waals surface area contributed by atoms with Gasteiger partial charge in [-0.1, -0.05) is 35.0 Å². The molecule has 1 atom stereocenters. The Morgan fingerprint density at radius 1 is 1.27 bits per heavy atom. The molecule has 4 nitrogen and oxygen atoms in total. The smallest absolute Gasteiger partial charge is 0.174 e. The molecule has 2 aromatic rings. The van der Waals surface area contributed by atoms with Crippen molar-refractivity contribution in [2.24, 2.45) is 0 Å². The fraction of sp³-hybridized carbons (Fsp3) is 0.227. The van der Waals surface area contributed by atoms with E-state index in [2.05, 4.69) is 11.4 Å². The Hall–Kier alpha value is -2.04. The minimum atomic E-state index is -0.439. The second kappa shape index (κ2) is 9.40. The van der Waals surface area contributed by atoms with Crippen LogP contribution in [0.25, 0.3) is 0 Å². The van der Waals surface area contributed by atoms with E-state index in [1.165, 1.54) is 36.1 Å². The normalized spacial score (nSPS) is 16.3. The van der Waals surface area contributed by atoms with Crippen LogP contribution in [-0.4, -0.2) is 17.3 Å². The molecule has 30 heavy (non-hydrogen) atoms. The van der Waals surface area contributed by atoms with Crippen LogP contribution in [-0.2, 0) is 4.79 Å². The highest BCUT2D eigenvalue weighted by molar-refractivity contribution is 8.03. The van der Waals surface area contributed by atoms with Crippen molar-refractivity contribution < 1.29 is 9.59 Å². The number of Topliss-reactive ketones (excluding diaryl/α,β-unsaturated/α-hetero) is 2. The minimum Gasteiger partial charge on any atom is -0.353 e. The van der Waals surface area contributed by atoms with Gasteiger partial charge in [-0.2, -0.15) is 5.26 Å². The van der Waals surface area contributed by atoms with E-state index in [9.17, 15) is 14.9 Å². The average Bonchev–Trinajstić information content (AvgIpc) is 3.10. The number of nitriles is 1. The fourth-order valence-corrected chi connectivity index (χ4v) is 5.90. The zero-order valence-electron chi connectivity index (χ0n) is 16.5. The van der Waals surface area contributed by atoms with Crippen LogP contribution in [0.1, 0.15) is 40.6 Å². The van der Waals surface area contributed by atoms with E-state index in [0.717, 1.165) is 10.4 Å². The van der Waals surface area contributed by atoms with Crippen LogP contribution in [0.3, 0.4) is 0 Å². The van der Waals surface area contributed by atoms with Crippen molar-refractivity contribution in [3.8, 4) is 6.07 Å². The van der Waals surface area contributed by atoms with Crippen molar-refractivity contribution in [3.05, 3.63) is 77.6 Å². The summed E-state index contributed by atoms with van der Waals surface area (Å²) in [5, 5.41) is 16.4. The van der Waals surface area contributed by atoms with E-state index in [1.54, 1.807) is 12.1 Å². The maximum absolute atomic E-state index is 12.7. The van der Waals surface area contributed by atoms with Gasteiger partial charge in [-0.3, -0.25) is 9.59 Å². The lowest BCUT2D eigenvalue weighted by molar-refractivity contribution is -0.113. The van der Waals surface area contributed by atoms with Crippen LogP contribution in [0.5, 0.6) is 0 Å². The van der Waals surface area contributed by atoms with E-state index < -0.39 is 5.92 Å². The highest BCUT2D eigenvalue weighted by Gasteiger charge is 2.34. The van der Waals surface area contributed by atoms with E-state index in [1.807, 2.05) is 25.3 Å². The number of hydrogen-bond donors (Lipinski definition) is 1. The predicted molar refractivity (Wildman–Crippen MR) is 124 cm³/mol. The third kappa shape index (κ3) is 4.50. The molecule has 0 saturated carbocycles. The van der Waals surface area contributed by atoms with Crippen LogP contribution in [0.2, 0.25) is 10.0 Å². The topological polar surface area (TPSA) is 70.0 Å². The van der Waals surface area contributed by atoms with E-state index in [-0.39, 0.29) is 17.3 Å². The summed E-state index contributed by atoms with van der Waals surface area (Å²) in [6, 6.07) is 8.99. The molecule has 0 fully saturated rings. The number of thioether (sulfide) groups is 1. The number of dihydropyridines is 1. The Bertz CT molecular complexity index is 1140. The first-order valence-corrected chi connectivity index (χ1v) is 11.6. The number of nitrogens with zero attached hydrogens (tertiary/aromatic N) is 1. The molecule has 0 amide bonds. The quantitative estimate of drug-likeness (QED) is 0.497. The standard InChI is InChI=1S/C22H18Cl2N2O2S2/c1-11-6-7-29-21(11)20-16(9-25)22(26-12(2)19(20)13(3)27)30-10-18(28)15-5-4-14(23)8-17(15)24/h4-8,20,26H,10H2,1-3H3/t20-/m0/s1. The number of allylic oxidation sites excluding steroid dienone is 3. The van der Waals surface area contributed by atoms with Gasteiger partial charge in [-0.25, -0.2) is 0 Å². The molecular weight excluding hydrogens is 459 g/mol. The van der Waals surface area contributed by atoms with Crippen molar-refractivity contribution in [3.63, 3.8) is 0 Å². The molecule has 0 unspecified atom stereocenters. The molecule has 3 rings (SSSR count). The fourth-order valence-electron chi connectivity index (χ4n) is 3.37. The molecule has 1 aromatic heterocycles. The molecule has 1 aromatic carbocycles. The maximum atomic E-state index is 12.7. The largest absolute Gasteiger partial charge is 0.353 e. The molecule has 1 aliphatic rings. The number of carbonyl (C=O) groups is 2. The summed E-state index contributed by atoms with van der Waals surface area (Å²) < 4.78 is 0. The SMILES string of the molecule is CC(=O)C1=C(C)NC(SCC(=O)c2ccc(Cl)cc2Cl)=C(C#N)[C@@H]1c1sccc1C. The Morgan fingerprint density at radius 3 is 2.57 bits per heavy atom. The molecule has 0 spiro atoms.